The molecule has 2 atom stereocenters. The Morgan fingerprint density at radius 1 is 1.11 bits per heavy atom. The Hall–Kier alpha value is -0.860. The smallest absolute Gasteiger partial charge is 0.0741 e. The minimum absolute atomic E-state index is 0.194. The number of benzene rings is 1. The van der Waals surface area contributed by atoms with Crippen molar-refractivity contribution >= 4 is 0 Å². The number of nitrogens with one attached hydrogen (secondary N) is 1. The number of rotatable bonds is 8. The Balaban J connectivity index is 2.47. The lowest BCUT2D eigenvalue weighted by molar-refractivity contribution is 0.0369. The Morgan fingerprint density at radius 3 is 2.26 bits per heavy atom. The number of hydrogen-bond donors (Lipinski definition) is 1. The maximum absolute atomic E-state index is 5.97. The topological polar surface area (TPSA) is 21.3 Å². The molecule has 0 aromatic heterocycles. The van der Waals surface area contributed by atoms with Gasteiger partial charge in [-0.1, -0.05) is 43.7 Å². The van der Waals surface area contributed by atoms with E-state index in [2.05, 4.69) is 57.3 Å². The van der Waals surface area contributed by atoms with Crippen molar-refractivity contribution in [3.8, 4) is 0 Å². The molecule has 0 aliphatic heterocycles. The molecule has 1 aromatic rings. The van der Waals surface area contributed by atoms with Crippen molar-refractivity contribution in [2.75, 3.05) is 13.7 Å². The molecule has 1 rings (SSSR count). The highest BCUT2D eigenvalue weighted by atomic mass is 16.5. The summed E-state index contributed by atoms with van der Waals surface area (Å²) in [4.78, 5) is 0. The summed E-state index contributed by atoms with van der Waals surface area (Å²) in [5.41, 5.74) is 2.59. The Bertz CT molecular complexity index is 345. The summed E-state index contributed by atoms with van der Waals surface area (Å²) in [7, 11) is 2.00. The highest BCUT2D eigenvalue weighted by molar-refractivity contribution is 5.24. The minimum atomic E-state index is 0.194. The molecular formula is C17H29NO. The van der Waals surface area contributed by atoms with Crippen molar-refractivity contribution in [2.24, 2.45) is 5.92 Å². The van der Waals surface area contributed by atoms with Crippen LogP contribution in [0.15, 0.2) is 24.3 Å². The van der Waals surface area contributed by atoms with Gasteiger partial charge in [0.25, 0.3) is 0 Å². The third-order valence-corrected chi connectivity index (χ3v) is 3.52. The number of hydrogen-bond acceptors (Lipinski definition) is 2. The molecule has 0 saturated carbocycles. The average Bonchev–Trinajstić information content (AvgIpc) is 2.37. The molecule has 0 bridgehead atoms. The van der Waals surface area contributed by atoms with Crippen LogP contribution in [0.5, 0.6) is 0 Å². The molecule has 0 radical (unpaired) electrons. The van der Waals surface area contributed by atoms with Crippen LogP contribution in [-0.4, -0.2) is 19.8 Å². The fraction of sp³-hybridized carbons (Fsp3) is 0.647. The van der Waals surface area contributed by atoms with E-state index in [1.165, 1.54) is 17.5 Å². The average molecular weight is 263 g/mol. The zero-order valence-electron chi connectivity index (χ0n) is 13.1. The molecule has 1 aromatic carbocycles. The molecule has 1 N–H and O–H groups in total. The predicted molar refractivity (Wildman–Crippen MR) is 82.5 cm³/mol. The lowest BCUT2D eigenvalue weighted by Crippen LogP contribution is -2.29. The monoisotopic (exact) mass is 263 g/mol. The zero-order chi connectivity index (χ0) is 14.3. The predicted octanol–water partition coefficient (Wildman–Crippen LogP) is 4.10. The second kappa shape index (κ2) is 8.34. The van der Waals surface area contributed by atoms with Gasteiger partial charge in [0.15, 0.2) is 0 Å². The third-order valence-electron chi connectivity index (χ3n) is 3.52. The van der Waals surface area contributed by atoms with Gasteiger partial charge in [-0.15, -0.1) is 0 Å². The van der Waals surface area contributed by atoms with E-state index in [4.69, 9.17) is 4.74 Å². The summed E-state index contributed by atoms with van der Waals surface area (Å²) in [6.45, 7) is 9.63. The van der Waals surface area contributed by atoms with E-state index in [1.807, 2.05) is 7.05 Å². The highest BCUT2D eigenvalue weighted by Crippen LogP contribution is 2.20. The number of ether oxygens (including phenoxy) is 1. The quantitative estimate of drug-likeness (QED) is 0.713. The molecule has 2 unspecified atom stereocenters. The lowest BCUT2D eigenvalue weighted by atomic mass is 10.0. The van der Waals surface area contributed by atoms with Crippen molar-refractivity contribution in [2.45, 2.75) is 52.7 Å². The van der Waals surface area contributed by atoms with Crippen LogP contribution in [0.3, 0.4) is 0 Å². The van der Waals surface area contributed by atoms with E-state index in [-0.39, 0.29) is 12.1 Å². The standard InChI is InChI=1S/C17H29NO/c1-13(2)7-6-12-19-15(4)17(18-5)16-10-8-14(3)9-11-16/h8-11,13,15,17-18H,6-7,12H2,1-5H3. The van der Waals surface area contributed by atoms with Gasteiger partial charge in [0.2, 0.25) is 0 Å². The normalized spacial score (nSPS) is 14.6. The van der Waals surface area contributed by atoms with Gasteiger partial charge in [-0.2, -0.15) is 0 Å². The van der Waals surface area contributed by atoms with E-state index in [9.17, 15) is 0 Å². The van der Waals surface area contributed by atoms with Crippen LogP contribution < -0.4 is 5.32 Å². The first-order valence-corrected chi connectivity index (χ1v) is 7.40. The molecule has 108 valence electrons. The number of likely N-dealkylation sites (N-methyl/N-ethyl adjacent to an activating group) is 1. The molecule has 0 heterocycles. The van der Waals surface area contributed by atoms with Crippen LogP contribution in [0.25, 0.3) is 0 Å². The van der Waals surface area contributed by atoms with Crippen LogP contribution in [-0.2, 0) is 4.74 Å². The van der Waals surface area contributed by atoms with Gasteiger partial charge in [0, 0.05) is 6.61 Å². The van der Waals surface area contributed by atoms with Crippen molar-refractivity contribution in [1.29, 1.82) is 0 Å². The van der Waals surface area contributed by atoms with Crippen molar-refractivity contribution in [1.82, 2.24) is 5.32 Å². The van der Waals surface area contributed by atoms with Crippen LogP contribution in [0.1, 0.15) is 50.8 Å². The summed E-state index contributed by atoms with van der Waals surface area (Å²) >= 11 is 0. The molecule has 2 heteroatoms. The maximum Gasteiger partial charge on any atom is 0.0741 e. The van der Waals surface area contributed by atoms with Gasteiger partial charge in [-0.25, -0.2) is 0 Å². The molecular weight excluding hydrogens is 234 g/mol. The van der Waals surface area contributed by atoms with Crippen molar-refractivity contribution in [3.63, 3.8) is 0 Å². The number of aryl methyl sites for hydroxylation is 1. The molecule has 0 amide bonds. The van der Waals surface area contributed by atoms with Gasteiger partial charge in [-0.05, 0) is 45.2 Å². The van der Waals surface area contributed by atoms with Crippen LogP contribution in [0, 0.1) is 12.8 Å². The first-order valence-electron chi connectivity index (χ1n) is 7.40. The highest BCUT2D eigenvalue weighted by Gasteiger charge is 2.17. The molecule has 0 aliphatic carbocycles. The molecule has 0 spiro atoms. The maximum atomic E-state index is 5.97. The Morgan fingerprint density at radius 2 is 1.74 bits per heavy atom. The Labute approximate surface area is 118 Å². The third kappa shape index (κ3) is 5.75. The van der Waals surface area contributed by atoms with Gasteiger partial charge in [-0.3, -0.25) is 0 Å². The molecule has 0 fully saturated rings. The molecule has 0 saturated heterocycles. The summed E-state index contributed by atoms with van der Waals surface area (Å²) in [6.07, 6.45) is 2.58. The Kier molecular flexibility index (Phi) is 7.11. The largest absolute Gasteiger partial charge is 0.377 e. The summed E-state index contributed by atoms with van der Waals surface area (Å²) < 4.78 is 5.97. The van der Waals surface area contributed by atoms with E-state index < -0.39 is 0 Å². The first-order chi connectivity index (χ1) is 9.04. The van der Waals surface area contributed by atoms with Crippen LogP contribution in [0.2, 0.25) is 0 Å². The first kappa shape index (κ1) is 16.2. The van der Waals surface area contributed by atoms with E-state index in [1.54, 1.807) is 0 Å². The van der Waals surface area contributed by atoms with Crippen LogP contribution >= 0.6 is 0 Å². The van der Waals surface area contributed by atoms with Gasteiger partial charge in [0.05, 0.1) is 12.1 Å². The summed E-state index contributed by atoms with van der Waals surface area (Å²) in [6, 6.07) is 8.95. The van der Waals surface area contributed by atoms with Crippen molar-refractivity contribution in [3.05, 3.63) is 35.4 Å². The van der Waals surface area contributed by atoms with Gasteiger partial charge >= 0.3 is 0 Å². The molecule has 19 heavy (non-hydrogen) atoms. The zero-order valence-corrected chi connectivity index (χ0v) is 13.1. The van der Waals surface area contributed by atoms with E-state index in [0.29, 0.717) is 0 Å². The second-order valence-corrected chi connectivity index (χ2v) is 5.79. The summed E-state index contributed by atoms with van der Waals surface area (Å²) in [5.74, 6) is 0.760. The lowest BCUT2D eigenvalue weighted by Gasteiger charge is -2.24. The molecule has 0 aliphatic rings. The summed E-state index contributed by atoms with van der Waals surface area (Å²) in [5, 5.41) is 3.36. The van der Waals surface area contributed by atoms with Gasteiger partial charge < -0.3 is 10.1 Å². The van der Waals surface area contributed by atoms with Gasteiger partial charge in [0.1, 0.15) is 0 Å². The minimum Gasteiger partial charge on any atom is -0.377 e. The SMILES string of the molecule is CNC(c1ccc(C)cc1)C(C)OCCCC(C)C. The molecule has 2 nitrogen and oxygen atoms in total. The second-order valence-electron chi connectivity index (χ2n) is 5.79. The fourth-order valence-corrected chi connectivity index (χ4v) is 2.30. The van der Waals surface area contributed by atoms with E-state index >= 15 is 0 Å². The van der Waals surface area contributed by atoms with Crippen LogP contribution in [0.4, 0.5) is 0 Å². The van der Waals surface area contributed by atoms with E-state index in [0.717, 1.165) is 18.9 Å². The van der Waals surface area contributed by atoms with Crippen molar-refractivity contribution < 1.29 is 4.74 Å². The fourth-order valence-electron chi connectivity index (χ4n) is 2.30.